The first-order valence-corrected chi connectivity index (χ1v) is 9.87. The van der Waals surface area contributed by atoms with Gasteiger partial charge in [-0.25, -0.2) is 14.4 Å². The van der Waals surface area contributed by atoms with E-state index in [1.165, 1.54) is 0 Å². The number of hydrogen-bond donors (Lipinski definition) is 1. The van der Waals surface area contributed by atoms with Crippen LogP contribution in [-0.4, -0.2) is 58.6 Å². The van der Waals surface area contributed by atoms with E-state index < -0.39 is 5.82 Å². The lowest BCUT2D eigenvalue weighted by atomic mass is 10.1. The first-order valence-electron chi connectivity index (χ1n) is 9.87. The number of halogens is 1. The van der Waals surface area contributed by atoms with Crippen molar-refractivity contribution in [1.29, 1.82) is 0 Å². The summed E-state index contributed by atoms with van der Waals surface area (Å²) in [6.45, 7) is 3.37. The molecule has 1 aromatic heterocycles. The highest BCUT2D eigenvalue weighted by Gasteiger charge is 2.19. The van der Waals surface area contributed by atoms with Crippen LogP contribution in [0, 0.1) is 5.82 Å². The van der Waals surface area contributed by atoms with Crippen LogP contribution in [0.25, 0.3) is 11.1 Å². The molecule has 0 amide bonds. The van der Waals surface area contributed by atoms with E-state index in [9.17, 15) is 9.50 Å². The van der Waals surface area contributed by atoms with Crippen molar-refractivity contribution in [1.82, 2.24) is 9.97 Å². The molecule has 156 valence electrons. The predicted molar refractivity (Wildman–Crippen MR) is 114 cm³/mol. The number of hydrogen-bond acceptors (Lipinski definition) is 8. The second-order valence-corrected chi connectivity index (χ2v) is 7.16. The second-order valence-electron chi connectivity index (χ2n) is 7.16. The van der Waals surface area contributed by atoms with Gasteiger partial charge in [0.25, 0.3) is 0 Å². The molecule has 1 N–H and O–H groups in total. The molecule has 9 heteroatoms. The van der Waals surface area contributed by atoms with Crippen molar-refractivity contribution in [3.05, 3.63) is 42.0 Å². The fourth-order valence-corrected chi connectivity index (χ4v) is 3.37. The van der Waals surface area contributed by atoms with Gasteiger partial charge in [-0.1, -0.05) is 23.4 Å². The van der Waals surface area contributed by atoms with Gasteiger partial charge in [-0.15, -0.1) is 0 Å². The topological polar surface area (TPSA) is 95.6 Å². The van der Waals surface area contributed by atoms with Crippen molar-refractivity contribution in [2.75, 3.05) is 24.6 Å². The van der Waals surface area contributed by atoms with Gasteiger partial charge in [0.05, 0.1) is 18.0 Å². The first-order chi connectivity index (χ1) is 14.6. The standard InChI is InChI=1S/C21H23FN6O2/c1-14-23-11-18(26-14)13-30-27-17-5-7-28(8-6-17)21-24-9-16(10-25-21)19-4-2-3-15(12-29)20(19)22/h2-4,9-11,14,29H,5-8,12-13H2,1H3. The number of benzene rings is 1. The second kappa shape index (κ2) is 9.08. The SMILES string of the molecule is CC1N=CC(CON=C2CCN(c3ncc(-c4cccc(CO)c4F)cn3)CC2)=N1. The molecule has 0 aliphatic carbocycles. The normalized spacial score (nSPS) is 18.5. The molecule has 1 unspecified atom stereocenters. The Bertz CT molecular complexity index is 979. The summed E-state index contributed by atoms with van der Waals surface area (Å²) in [6, 6.07) is 4.91. The monoisotopic (exact) mass is 410 g/mol. The maximum Gasteiger partial charge on any atom is 0.225 e. The molecule has 0 bridgehead atoms. The largest absolute Gasteiger partial charge is 0.392 e. The first kappa shape index (κ1) is 20.1. The highest BCUT2D eigenvalue weighted by Crippen LogP contribution is 2.25. The van der Waals surface area contributed by atoms with Gasteiger partial charge in [-0.2, -0.15) is 0 Å². The quantitative estimate of drug-likeness (QED) is 0.739. The molecule has 2 aliphatic rings. The third kappa shape index (κ3) is 4.51. The Kier molecular flexibility index (Phi) is 6.08. The van der Waals surface area contributed by atoms with E-state index in [-0.39, 0.29) is 18.3 Å². The fraction of sp³-hybridized carbons (Fsp3) is 0.381. The van der Waals surface area contributed by atoms with Crippen LogP contribution in [0.3, 0.4) is 0 Å². The Morgan fingerprint density at radius 1 is 1.23 bits per heavy atom. The van der Waals surface area contributed by atoms with Gasteiger partial charge < -0.3 is 14.8 Å². The summed E-state index contributed by atoms with van der Waals surface area (Å²) >= 11 is 0. The molecular weight excluding hydrogens is 387 g/mol. The van der Waals surface area contributed by atoms with Crippen LogP contribution >= 0.6 is 0 Å². The van der Waals surface area contributed by atoms with E-state index in [4.69, 9.17) is 4.84 Å². The number of aliphatic hydroxyl groups is 1. The van der Waals surface area contributed by atoms with Crippen molar-refractivity contribution in [3.8, 4) is 11.1 Å². The lowest BCUT2D eigenvalue weighted by Gasteiger charge is -2.27. The van der Waals surface area contributed by atoms with Crippen molar-refractivity contribution in [3.63, 3.8) is 0 Å². The average molecular weight is 410 g/mol. The molecular formula is C21H23FN6O2. The van der Waals surface area contributed by atoms with E-state index >= 15 is 0 Å². The van der Waals surface area contributed by atoms with Crippen LogP contribution in [0.2, 0.25) is 0 Å². The van der Waals surface area contributed by atoms with E-state index in [1.54, 1.807) is 36.8 Å². The minimum absolute atomic E-state index is 0.0269. The summed E-state index contributed by atoms with van der Waals surface area (Å²) in [5.74, 6) is 0.155. The number of anilines is 1. The summed E-state index contributed by atoms with van der Waals surface area (Å²) in [6.07, 6.45) is 6.44. The average Bonchev–Trinajstić information content (AvgIpc) is 3.19. The Balaban J connectivity index is 1.33. The van der Waals surface area contributed by atoms with Crippen LogP contribution in [0.4, 0.5) is 10.3 Å². The molecule has 2 aromatic rings. The minimum atomic E-state index is -0.445. The smallest absolute Gasteiger partial charge is 0.225 e. The summed E-state index contributed by atoms with van der Waals surface area (Å²) in [5, 5.41) is 13.5. The predicted octanol–water partition coefficient (Wildman–Crippen LogP) is 2.62. The molecule has 3 heterocycles. The number of rotatable bonds is 6. The maximum atomic E-state index is 14.4. The zero-order valence-corrected chi connectivity index (χ0v) is 16.7. The Labute approximate surface area is 173 Å². The Hall–Kier alpha value is -3.20. The summed E-state index contributed by atoms with van der Waals surface area (Å²) in [7, 11) is 0. The molecule has 1 aromatic carbocycles. The van der Waals surface area contributed by atoms with Crippen LogP contribution in [0.5, 0.6) is 0 Å². The van der Waals surface area contributed by atoms with Crippen molar-refractivity contribution in [2.24, 2.45) is 15.1 Å². The number of nitrogens with zero attached hydrogens (tertiary/aromatic N) is 6. The van der Waals surface area contributed by atoms with Crippen LogP contribution in [0.15, 0.2) is 45.7 Å². The van der Waals surface area contributed by atoms with Gasteiger partial charge in [-0.3, -0.25) is 9.98 Å². The Morgan fingerprint density at radius 2 is 2.00 bits per heavy atom. The summed E-state index contributed by atoms with van der Waals surface area (Å²) < 4.78 is 14.4. The van der Waals surface area contributed by atoms with Gasteiger partial charge in [-0.05, 0) is 6.92 Å². The lowest BCUT2D eigenvalue weighted by molar-refractivity contribution is 0.184. The van der Waals surface area contributed by atoms with Crippen molar-refractivity contribution in [2.45, 2.75) is 32.5 Å². The maximum absolute atomic E-state index is 14.4. The molecule has 30 heavy (non-hydrogen) atoms. The number of oxime groups is 1. The Morgan fingerprint density at radius 3 is 2.67 bits per heavy atom. The van der Waals surface area contributed by atoms with E-state index in [1.807, 2.05) is 6.92 Å². The third-order valence-corrected chi connectivity index (χ3v) is 5.02. The van der Waals surface area contributed by atoms with Crippen LogP contribution < -0.4 is 4.90 Å². The number of piperidine rings is 1. The molecule has 1 saturated heterocycles. The van der Waals surface area contributed by atoms with Crippen molar-refractivity contribution < 1.29 is 14.3 Å². The molecule has 0 radical (unpaired) electrons. The van der Waals surface area contributed by atoms with E-state index in [0.29, 0.717) is 23.7 Å². The van der Waals surface area contributed by atoms with Gasteiger partial charge in [0.1, 0.15) is 12.0 Å². The number of aliphatic imine (C=N–C) groups is 2. The molecule has 8 nitrogen and oxygen atoms in total. The minimum Gasteiger partial charge on any atom is -0.392 e. The van der Waals surface area contributed by atoms with E-state index in [0.717, 1.165) is 37.4 Å². The molecule has 1 atom stereocenters. The van der Waals surface area contributed by atoms with Crippen molar-refractivity contribution >= 4 is 23.6 Å². The molecule has 4 rings (SSSR count). The highest BCUT2D eigenvalue weighted by molar-refractivity contribution is 6.32. The van der Waals surface area contributed by atoms with E-state index in [2.05, 4.69) is 30.0 Å². The molecule has 2 aliphatic heterocycles. The zero-order valence-electron chi connectivity index (χ0n) is 16.7. The summed E-state index contributed by atoms with van der Waals surface area (Å²) in [5.41, 5.74) is 3.01. The lowest BCUT2D eigenvalue weighted by Crippen LogP contribution is -2.35. The van der Waals surface area contributed by atoms with Gasteiger partial charge in [0.2, 0.25) is 5.95 Å². The van der Waals surface area contributed by atoms with Gasteiger partial charge in [0, 0.05) is 61.2 Å². The zero-order chi connectivity index (χ0) is 20.9. The molecule has 0 spiro atoms. The van der Waals surface area contributed by atoms with Crippen LogP contribution in [-0.2, 0) is 11.4 Å². The van der Waals surface area contributed by atoms with Gasteiger partial charge in [0.15, 0.2) is 6.61 Å². The fourth-order valence-electron chi connectivity index (χ4n) is 3.37. The number of aliphatic hydroxyl groups excluding tert-OH is 1. The molecule has 1 fully saturated rings. The highest BCUT2D eigenvalue weighted by atomic mass is 19.1. The number of aromatic nitrogens is 2. The third-order valence-electron chi connectivity index (χ3n) is 5.02. The molecule has 0 saturated carbocycles. The summed E-state index contributed by atoms with van der Waals surface area (Å²) in [4.78, 5) is 24.7. The van der Waals surface area contributed by atoms with Gasteiger partial charge >= 0.3 is 0 Å². The van der Waals surface area contributed by atoms with Crippen LogP contribution in [0.1, 0.15) is 25.3 Å².